The average Bonchev–Trinajstić information content (AvgIpc) is 2.29. The standard InChI is InChI=1S/C12H10N2O/c1-9-2-11(6-13-4-9)12-3-10(8-15)5-14-7-12/h2-8H,1H3. The van der Waals surface area contributed by atoms with Crippen molar-refractivity contribution in [2.75, 3.05) is 0 Å². The van der Waals surface area contributed by atoms with Gasteiger partial charge in [-0.15, -0.1) is 0 Å². The van der Waals surface area contributed by atoms with Crippen molar-refractivity contribution in [1.82, 2.24) is 9.97 Å². The van der Waals surface area contributed by atoms with Crippen molar-refractivity contribution in [2.45, 2.75) is 6.92 Å². The number of hydrogen-bond acceptors (Lipinski definition) is 3. The summed E-state index contributed by atoms with van der Waals surface area (Å²) in [6, 6.07) is 3.81. The van der Waals surface area contributed by atoms with Crippen LogP contribution in [0, 0.1) is 6.92 Å². The molecule has 0 radical (unpaired) electrons. The second kappa shape index (κ2) is 4.00. The number of carbonyl (C=O) groups excluding carboxylic acids is 1. The molecule has 0 unspecified atom stereocenters. The maximum absolute atomic E-state index is 10.6. The number of aryl methyl sites for hydroxylation is 1. The smallest absolute Gasteiger partial charge is 0.151 e. The highest BCUT2D eigenvalue weighted by Crippen LogP contribution is 2.18. The molecule has 2 heterocycles. The van der Waals surface area contributed by atoms with Crippen LogP contribution in [-0.4, -0.2) is 16.3 Å². The van der Waals surface area contributed by atoms with Gasteiger partial charge in [0, 0.05) is 41.5 Å². The predicted molar refractivity (Wildman–Crippen MR) is 57.6 cm³/mol. The number of aldehydes is 1. The van der Waals surface area contributed by atoms with Crippen LogP contribution in [0.2, 0.25) is 0 Å². The Balaban J connectivity index is 2.49. The summed E-state index contributed by atoms with van der Waals surface area (Å²) in [5, 5.41) is 0. The lowest BCUT2D eigenvalue weighted by Gasteiger charge is -2.01. The minimum absolute atomic E-state index is 0.578. The highest BCUT2D eigenvalue weighted by Gasteiger charge is 2.00. The molecule has 0 saturated heterocycles. The molecule has 0 amide bonds. The second-order valence-electron chi connectivity index (χ2n) is 3.38. The van der Waals surface area contributed by atoms with E-state index in [2.05, 4.69) is 9.97 Å². The third-order valence-electron chi connectivity index (χ3n) is 2.10. The molecular weight excluding hydrogens is 188 g/mol. The van der Waals surface area contributed by atoms with Crippen LogP contribution in [0.5, 0.6) is 0 Å². The molecule has 0 aliphatic heterocycles. The summed E-state index contributed by atoms with van der Waals surface area (Å²) in [4.78, 5) is 18.7. The fourth-order valence-electron chi connectivity index (χ4n) is 1.39. The molecule has 0 bridgehead atoms. The van der Waals surface area contributed by atoms with E-state index in [4.69, 9.17) is 0 Å². The van der Waals surface area contributed by atoms with Crippen LogP contribution in [-0.2, 0) is 0 Å². The highest BCUT2D eigenvalue weighted by molar-refractivity contribution is 5.77. The number of rotatable bonds is 2. The van der Waals surface area contributed by atoms with Gasteiger partial charge in [0.25, 0.3) is 0 Å². The van der Waals surface area contributed by atoms with Crippen LogP contribution in [0.15, 0.2) is 36.9 Å². The molecule has 2 aromatic heterocycles. The van der Waals surface area contributed by atoms with Crippen LogP contribution in [0.1, 0.15) is 15.9 Å². The lowest BCUT2D eigenvalue weighted by atomic mass is 10.1. The van der Waals surface area contributed by atoms with Crippen LogP contribution in [0.4, 0.5) is 0 Å². The Hall–Kier alpha value is -2.03. The minimum Gasteiger partial charge on any atom is -0.298 e. The van der Waals surface area contributed by atoms with Gasteiger partial charge in [0.15, 0.2) is 6.29 Å². The third-order valence-corrected chi connectivity index (χ3v) is 2.10. The molecule has 0 aromatic carbocycles. The molecule has 2 aromatic rings. The number of hydrogen-bond donors (Lipinski definition) is 0. The van der Waals surface area contributed by atoms with Gasteiger partial charge in [-0.25, -0.2) is 0 Å². The largest absolute Gasteiger partial charge is 0.298 e. The van der Waals surface area contributed by atoms with E-state index in [0.717, 1.165) is 23.0 Å². The van der Waals surface area contributed by atoms with Crippen molar-refractivity contribution in [3.8, 4) is 11.1 Å². The Morgan fingerprint density at radius 1 is 1.00 bits per heavy atom. The predicted octanol–water partition coefficient (Wildman–Crippen LogP) is 2.26. The SMILES string of the molecule is Cc1cncc(-c2cncc(C=O)c2)c1. The van der Waals surface area contributed by atoms with Crippen molar-refractivity contribution < 1.29 is 4.79 Å². The average molecular weight is 198 g/mol. The van der Waals surface area contributed by atoms with Gasteiger partial charge in [-0.1, -0.05) is 0 Å². The normalized spacial score (nSPS) is 9.93. The van der Waals surface area contributed by atoms with Crippen molar-refractivity contribution in [3.63, 3.8) is 0 Å². The zero-order chi connectivity index (χ0) is 10.7. The molecule has 0 spiro atoms. The van der Waals surface area contributed by atoms with Gasteiger partial charge in [-0.3, -0.25) is 14.8 Å². The van der Waals surface area contributed by atoms with Gasteiger partial charge in [-0.2, -0.15) is 0 Å². The van der Waals surface area contributed by atoms with Crippen molar-refractivity contribution in [3.05, 3.63) is 48.0 Å². The minimum atomic E-state index is 0.578. The van der Waals surface area contributed by atoms with E-state index in [9.17, 15) is 4.79 Å². The summed E-state index contributed by atoms with van der Waals surface area (Å²) < 4.78 is 0. The van der Waals surface area contributed by atoms with Crippen LogP contribution < -0.4 is 0 Å². The molecule has 0 aliphatic rings. The number of carbonyl (C=O) groups is 1. The number of aromatic nitrogens is 2. The summed E-state index contributed by atoms with van der Waals surface area (Å²) in [6.07, 6.45) is 7.61. The Bertz CT molecular complexity index is 494. The Morgan fingerprint density at radius 2 is 1.67 bits per heavy atom. The first kappa shape index (κ1) is 9.52. The number of pyridine rings is 2. The maximum Gasteiger partial charge on any atom is 0.151 e. The van der Waals surface area contributed by atoms with Crippen molar-refractivity contribution >= 4 is 6.29 Å². The summed E-state index contributed by atoms with van der Waals surface area (Å²) >= 11 is 0. The van der Waals surface area contributed by atoms with E-state index in [0.29, 0.717) is 5.56 Å². The zero-order valence-electron chi connectivity index (χ0n) is 8.34. The van der Waals surface area contributed by atoms with E-state index >= 15 is 0 Å². The Kier molecular flexibility index (Phi) is 2.54. The molecule has 15 heavy (non-hydrogen) atoms. The molecule has 2 rings (SSSR count). The fourth-order valence-corrected chi connectivity index (χ4v) is 1.39. The summed E-state index contributed by atoms with van der Waals surface area (Å²) in [6.45, 7) is 1.98. The van der Waals surface area contributed by atoms with Gasteiger partial charge < -0.3 is 0 Å². The van der Waals surface area contributed by atoms with Crippen molar-refractivity contribution in [1.29, 1.82) is 0 Å². The van der Waals surface area contributed by atoms with Gasteiger partial charge in [0.05, 0.1) is 0 Å². The van der Waals surface area contributed by atoms with Gasteiger partial charge >= 0.3 is 0 Å². The summed E-state index contributed by atoms with van der Waals surface area (Å²) in [5.74, 6) is 0. The Labute approximate surface area is 87.8 Å². The zero-order valence-corrected chi connectivity index (χ0v) is 8.34. The molecule has 3 nitrogen and oxygen atoms in total. The maximum atomic E-state index is 10.6. The molecule has 74 valence electrons. The fraction of sp³-hybridized carbons (Fsp3) is 0.0833. The van der Waals surface area contributed by atoms with Gasteiger partial charge in [-0.05, 0) is 24.6 Å². The molecule has 0 atom stereocenters. The van der Waals surface area contributed by atoms with Crippen LogP contribution >= 0.6 is 0 Å². The van der Waals surface area contributed by atoms with E-state index in [1.807, 2.05) is 13.0 Å². The topological polar surface area (TPSA) is 42.9 Å². The van der Waals surface area contributed by atoms with E-state index < -0.39 is 0 Å². The lowest BCUT2D eigenvalue weighted by molar-refractivity contribution is 0.112. The summed E-state index contributed by atoms with van der Waals surface area (Å²) in [7, 11) is 0. The monoisotopic (exact) mass is 198 g/mol. The van der Waals surface area contributed by atoms with E-state index in [1.165, 1.54) is 0 Å². The first-order valence-corrected chi connectivity index (χ1v) is 4.62. The highest BCUT2D eigenvalue weighted by atomic mass is 16.1. The van der Waals surface area contributed by atoms with Crippen LogP contribution in [0.25, 0.3) is 11.1 Å². The lowest BCUT2D eigenvalue weighted by Crippen LogP contribution is -1.87. The molecule has 0 fully saturated rings. The molecule has 0 N–H and O–H groups in total. The van der Waals surface area contributed by atoms with Gasteiger partial charge in [0.1, 0.15) is 0 Å². The molecular formula is C12H10N2O. The molecule has 0 saturated carbocycles. The summed E-state index contributed by atoms with van der Waals surface area (Å²) in [5.41, 5.74) is 3.56. The van der Waals surface area contributed by atoms with E-state index in [-0.39, 0.29) is 0 Å². The number of nitrogens with zero attached hydrogens (tertiary/aromatic N) is 2. The third kappa shape index (κ3) is 2.07. The first-order valence-electron chi connectivity index (χ1n) is 4.62. The quantitative estimate of drug-likeness (QED) is 0.695. The second-order valence-corrected chi connectivity index (χ2v) is 3.38. The molecule has 3 heteroatoms. The molecule has 0 aliphatic carbocycles. The first-order chi connectivity index (χ1) is 7.29. The Morgan fingerprint density at radius 3 is 2.33 bits per heavy atom. The van der Waals surface area contributed by atoms with Crippen LogP contribution in [0.3, 0.4) is 0 Å². The van der Waals surface area contributed by atoms with Crippen molar-refractivity contribution in [2.24, 2.45) is 0 Å². The van der Waals surface area contributed by atoms with Gasteiger partial charge in [0.2, 0.25) is 0 Å². The van der Waals surface area contributed by atoms with E-state index in [1.54, 1.807) is 30.9 Å².